The lowest BCUT2D eigenvalue weighted by Crippen LogP contribution is -2.42. The molecule has 0 saturated heterocycles. The lowest BCUT2D eigenvalue weighted by Gasteiger charge is -2.17. The highest BCUT2D eigenvalue weighted by Gasteiger charge is 2.12. The Hall–Kier alpha value is -0.220. The number of likely N-dealkylation sites (N-methyl/N-ethyl adjacent to an activating group) is 1. The van der Waals surface area contributed by atoms with Gasteiger partial charge in [0.2, 0.25) is 5.91 Å². The normalized spacial score (nSPS) is 12.6. The minimum absolute atomic E-state index is 0.0625. The van der Waals surface area contributed by atoms with Gasteiger partial charge in [0.05, 0.1) is 6.04 Å². The van der Waals surface area contributed by atoms with Crippen LogP contribution in [0.5, 0.6) is 0 Å². The Morgan fingerprint density at radius 3 is 2.62 bits per heavy atom. The highest BCUT2D eigenvalue weighted by atomic mass is 32.2. The first kappa shape index (κ1) is 12.8. The van der Waals surface area contributed by atoms with E-state index in [2.05, 4.69) is 12.2 Å². The van der Waals surface area contributed by atoms with E-state index >= 15 is 0 Å². The van der Waals surface area contributed by atoms with Crippen molar-refractivity contribution in [1.29, 1.82) is 0 Å². The fraction of sp³-hybridized carbons (Fsp3) is 0.889. The third-order valence-electron chi connectivity index (χ3n) is 1.71. The molecule has 0 aliphatic carbocycles. The standard InChI is InChI=1S/C9H20N2OS/c1-5-13-7-6-10-8(2)9(12)11(3)4/h8,10H,5-7H2,1-4H3. The second kappa shape index (κ2) is 7.21. The summed E-state index contributed by atoms with van der Waals surface area (Å²) in [6.07, 6.45) is 0. The summed E-state index contributed by atoms with van der Waals surface area (Å²) in [7, 11) is 3.56. The van der Waals surface area contributed by atoms with Gasteiger partial charge in [-0.1, -0.05) is 6.92 Å². The zero-order valence-electron chi connectivity index (χ0n) is 8.96. The first-order valence-electron chi connectivity index (χ1n) is 4.61. The molecule has 0 rings (SSSR count). The van der Waals surface area contributed by atoms with Crippen LogP contribution in [0, 0.1) is 0 Å². The predicted molar refractivity (Wildman–Crippen MR) is 59.2 cm³/mol. The van der Waals surface area contributed by atoms with Gasteiger partial charge in [-0.2, -0.15) is 11.8 Å². The minimum atomic E-state index is -0.0625. The van der Waals surface area contributed by atoms with Gasteiger partial charge >= 0.3 is 0 Å². The van der Waals surface area contributed by atoms with Gasteiger partial charge in [0.25, 0.3) is 0 Å². The number of thioether (sulfide) groups is 1. The van der Waals surface area contributed by atoms with Crippen LogP contribution in [0.3, 0.4) is 0 Å². The molecule has 0 aliphatic rings. The van der Waals surface area contributed by atoms with Gasteiger partial charge in [-0.15, -0.1) is 0 Å². The lowest BCUT2D eigenvalue weighted by atomic mass is 10.3. The molecule has 4 heteroatoms. The smallest absolute Gasteiger partial charge is 0.238 e. The van der Waals surface area contributed by atoms with Crippen LogP contribution in [-0.2, 0) is 4.79 Å². The van der Waals surface area contributed by atoms with Crippen LogP contribution in [0.4, 0.5) is 0 Å². The Morgan fingerprint density at radius 2 is 2.15 bits per heavy atom. The first-order chi connectivity index (χ1) is 6.09. The van der Waals surface area contributed by atoms with Gasteiger partial charge in [0.1, 0.15) is 0 Å². The van der Waals surface area contributed by atoms with E-state index in [0.717, 1.165) is 18.1 Å². The fourth-order valence-corrected chi connectivity index (χ4v) is 1.52. The molecular weight excluding hydrogens is 184 g/mol. The average Bonchev–Trinajstić information content (AvgIpc) is 2.10. The molecule has 1 atom stereocenters. The maximum absolute atomic E-state index is 11.4. The molecule has 0 fully saturated rings. The molecule has 0 radical (unpaired) electrons. The van der Waals surface area contributed by atoms with E-state index in [-0.39, 0.29) is 11.9 Å². The van der Waals surface area contributed by atoms with Gasteiger partial charge < -0.3 is 10.2 Å². The number of nitrogens with one attached hydrogen (secondary N) is 1. The third kappa shape index (κ3) is 5.93. The summed E-state index contributed by atoms with van der Waals surface area (Å²) in [4.78, 5) is 13.0. The van der Waals surface area contributed by atoms with E-state index in [1.807, 2.05) is 18.7 Å². The van der Waals surface area contributed by atoms with Crippen molar-refractivity contribution in [3.05, 3.63) is 0 Å². The van der Waals surface area contributed by atoms with Gasteiger partial charge in [0.15, 0.2) is 0 Å². The topological polar surface area (TPSA) is 32.3 Å². The second-order valence-corrected chi connectivity index (χ2v) is 4.50. The molecule has 0 aromatic carbocycles. The van der Waals surface area contributed by atoms with Gasteiger partial charge in [0, 0.05) is 26.4 Å². The second-order valence-electron chi connectivity index (χ2n) is 3.11. The SMILES string of the molecule is CCSCCNC(C)C(=O)N(C)C. The Morgan fingerprint density at radius 1 is 1.54 bits per heavy atom. The van der Waals surface area contributed by atoms with Gasteiger partial charge in [-0.05, 0) is 12.7 Å². The van der Waals surface area contributed by atoms with Crippen LogP contribution in [0.2, 0.25) is 0 Å². The van der Waals surface area contributed by atoms with E-state index in [0.29, 0.717) is 0 Å². The minimum Gasteiger partial charge on any atom is -0.347 e. The molecule has 78 valence electrons. The van der Waals surface area contributed by atoms with E-state index in [1.54, 1.807) is 19.0 Å². The molecule has 0 aromatic rings. The Balaban J connectivity index is 3.50. The third-order valence-corrected chi connectivity index (χ3v) is 2.61. The van der Waals surface area contributed by atoms with E-state index < -0.39 is 0 Å². The van der Waals surface area contributed by atoms with E-state index in [9.17, 15) is 4.79 Å². The predicted octanol–water partition coefficient (Wildman–Crippen LogP) is 0.806. The van der Waals surface area contributed by atoms with Crippen LogP contribution in [-0.4, -0.2) is 49.0 Å². The molecule has 3 nitrogen and oxygen atoms in total. The van der Waals surface area contributed by atoms with Gasteiger partial charge in [-0.25, -0.2) is 0 Å². The number of carbonyl (C=O) groups excluding carboxylic acids is 1. The highest BCUT2D eigenvalue weighted by molar-refractivity contribution is 7.99. The van der Waals surface area contributed by atoms with Crippen LogP contribution in [0.1, 0.15) is 13.8 Å². The molecule has 0 aromatic heterocycles. The van der Waals surface area contributed by atoms with Crippen molar-refractivity contribution in [2.75, 3.05) is 32.1 Å². The monoisotopic (exact) mass is 204 g/mol. The number of hydrogen-bond acceptors (Lipinski definition) is 3. The maximum atomic E-state index is 11.4. The molecule has 0 saturated carbocycles. The van der Waals surface area contributed by atoms with Crippen molar-refractivity contribution >= 4 is 17.7 Å². The van der Waals surface area contributed by atoms with Crippen molar-refractivity contribution < 1.29 is 4.79 Å². The largest absolute Gasteiger partial charge is 0.347 e. The number of carbonyl (C=O) groups is 1. The molecule has 1 N–H and O–H groups in total. The number of nitrogens with zero attached hydrogens (tertiary/aromatic N) is 1. The molecule has 0 spiro atoms. The van der Waals surface area contributed by atoms with E-state index in [4.69, 9.17) is 0 Å². The molecule has 0 heterocycles. The molecule has 13 heavy (non-hydrogen) atoms. The average molecular weight is 204 g/mol. The van der Waals surface area contributed by atoms with Crippen LogP contribution in [0.15, 0.2) is 0 Å². The summed E-state index contributed by atoms with van der Waals surface area (Å²) in [6.45, 7) is 4.94. The molecular formula is C9H20N2OS. The zero-order valence-corrected chi connectivity index (χ0v) is 9.78. The van der Waals surface area contributed by atoms with Crippen LogP contribution in [0.25, 0.3) is 0 Å². The fourth-order valence-electron chi connectivity index (χ4n) is 0.967. The summed E-state index contributed by atoms with van der Waals surface area (Å²) in [5, 5.41) is 3.19. The summed E-state index contributed by atoms with van der Waals surface area (Å²) in [5.74, 6) is 2.35. The maximum Gasteiger partial charge on any atom is 0.238 e. The molecule has 0 aliphatic heterocycles. The number of hydrogen-bond donors (Lipinski definition) is 1. The Bertz CT molecular complexity index is 151. The van der Waals surface area contributed by atoms with Crippen LogP contribution < -0.4 is 5.32 Å². The summed E-state index contributed by atoms with van der Waals surface area (Å²) >= 11 is 1.88. The molecule has 1 unspecified atom stereocenters. The zero-order chi connectivity index (χ0) is 10.3. The highest BCUT2D eigenvalue weighted by Crippen LogP contribution is 1.96. The van der Waals surface area contributed by atoms with Crippen LogP contribution >= 0.6 is 11.8 Å². The Labute approximate surface area is 85.3 Å². The first-order valence-corrected chi connectivity index (χ1v) is 5.77. The van der Waals surface area contributed by atoms with Gasteiger partial charge in [-0.3, -0.25) is 4.79 Å². The van der Waals surface area contributed by atoms with Crippen molar-refractivity contribution in [1.82, 2.24) is 10.2 Å². The van der Waals surface area contributed by atoms with Crippen molar-refractivity contribution in [2.24, 2.45) is 0 Å². The Kier molecular flexibility index (Phi) is 7.09. The van der Waals surface area contributed by atoms with Crippen molar-refractivity contribution in [2.45, 2.75) is 19.9 Å². The summed E-state index contributed by atoms with van der Waals surface area (Å²) in [6, 6.07) is -0.0625. The quantitative estimate of drug-likeness (QED) is 0.650. The summed E-state index contributed by atoms with van der Waals surface area (Å²) < 4.78 is 0. The number of rotatable bonds is 6. The number of amides is 1. The molecule has 1 amide bonds. The van der Waals surface area contributed by atoms with Crippen molar-refractivity contribution in [3.8, 4) is 0 Å². The molecule has 0 bridgehead atoms. The van der Waals surface area contributed by atoms with E-state index in [1.165, 1.54) is 0 Å². The summed E-state index contributed by atoms with van der Waals surface area (Å²) in [5.41, 5.74) is 0. The van der Waals surface area contributed by atoms with Crippen molar-refractivity contribution in [3.63, 3.8) is 0 Å². The lowest BCUT2D eigenvalue weighted by molar-refractivity contribution is -0.130.